The van der Waals surface area contributed by atoms with Gasteiger partial charge >= 0.3 is 0 Å². The van der Waals surface area contributed by atoms with Crippen molar-refractivity contribution in [1.29, 1.82) is 0 Å². The van der Waals surface area contributed by atoms with Gasteiger partial charge < -0.3 is 19.2 Å². The second kappa shape index (κ2) is 7.48. The average Bonchev–Trinajstić information content (AvgIpc) is 3.11. The molecule has 0 radical (unpaired) electrons. The van der Waals surface area contributed by atoms with Crippen molar-refractivity contribution in [3.8, 4) is 11.5 Å². The summed E-state index contributed by atoms with van der Waals surface area (Å²) in [5, 5.41) is 2.57. The zero-order valence-corrected chi connectivity index (χ0v) is 13.4. The van der Waals surface area contributed by atoms with Crippen LogP contribution in [0.1, 0.15) is 16.3 Å². The lowest BCUT2D eigenvalue weighted by molar-refractivity contribution is 0.0992. The number of nitrogens with one attached hydrogen (secondary N) is 1. The van der Waals surface area contributed by atoms with Crippen LogP contribution in [0.3, 0.4) is 0 Å². The number of methoxy groups -OCH3 is 1. The maximum atomic E-state index is 12.8. The lowest BCUT2D eigenvalue weighted by atomic mass is 10.3. The molecule has 128 valence electrons. The zero-order valence-electron chi connectivity index (χ0n) is 13.4. The van der Waals surface area contributed by atoms with Crippen LogP contribution < -0.4 is 14.8 Å². The molecule has 0 spiro atoms. The van der Waals surface area contributed by atoms with E-state index in [1.165, 1.54) is 18.3 Å². The number of furan rings is 1. The van der Waals surface area contributed by atoms with Crippen molar-refractivity contribution in [2.45, 2.75) is 6.61 Å². The topological polar surface area (TPSA) is 73.6 Å². The van der Waals surface area contributed by atoms with Gasteiger partial charge in [-0.15, -0.1) is 0 Å². The van der Waals surface area contributed by atoms with Crippen molar-refractivity contribution in [2.24, 2.45) is 0 Å². The van der Waals surface area contributed by atoms with Gasteiger partial charge in [-0.2, -0.15) is 4.39 Å². The van der Waals surface area contributed by atoms with Gasteiger partial charge in [-0.05, 0) is 36.4 Å². The second-order valence-corrected chi connectivity index (χ2v) is 5.03. The number of anilines is 1. The van der Waals surface area contributed by atoms with Crippen molar-refractivity contribution in [1.82, 2.24) is 4.98 Å². The van der Waals surface area contributed by atoms with Gasteiger partial charge in [0.1, 0.15) is 12.4 Å². The van der Waals surface area contributed by atoms with Gasteiger partial charge in [0.25, 0.3) is 5.91 Å². The maximum absolute atomic E-state index is 12.8. The highest BCUT2D eigenvalue weighted by molar-refractivity contribution is 6.02. The molecule has 0 unspecified atom stereocenters. The van der Waals surface area contributed by atoms with Crippen LogP contribution in [-0.4, -0.2) is 18.0 Å². The Bertz CT molecular complexity index is 862. The van der Waals surface area contributed by atoms with Gasteiger partial charge in [0.15, 0.2) is 17.3 Å². The van der Waals surface area contributed by atoms with Gasteiger partial charge in [0.2, 0.25) is 5.95 Å². The highest BCUT2D eigenvalue weighted by Gasteiger charge is 2.13. The molecule has 3 aromatic rings. The number of hydrogen-bond donors (Lipinski definition) is 1. The Kier molecular flexibility index (Phi) is 4.94. The number of nitrogens with zero attached hydrogens (tertiary/aromatic N) is 1. The molecule has 3 rings (SSSR count). The van der Waals surface area contributed by atoms with Crippen LogP contribution in [0, 0.1) is 5.95 Å². The minimum absolute atomic E-state index is 0.114. The zero-order chi connectivity index (χ0) is 17.6. The monoisotopic (exact) mass is 342 g/mol. The first-order chi connectivity index (χ1) is 12.2. The summed E-state index contributed by atoms with van der Waals surface area (Å²) in [6.07, 6.45) is 1.22. The molecule has 0 saturated carbocycles. The molecule has 2 heterocycles. The Morgan fingerprint density at radius 3 is 2.68 bits per heavy atom. The number of ether oxygens (including phenoxy) is 2. The van der Waals surface area contributed by atoms with Crippen molar-refractivity contribution in [3.63, 3.8) is 0 Å². The van der Waals surface area contributed by atoms with Crippen molar-refractivity contribution >= 4 is 11.6 Å². The first-order valence-electron chi connectivity index (χ1n) is 7.43. The van der Waals surface area contributed by atoms with Gasteiger partial charge in [0, 0.05) is 0 Å². The molecule has 0 bridgehead atoms. The highest BCUT2D eigenvalue weighted by Crippen LogP contribution is 2.26. The molecule has 0 aliphatic rings. The summed E-state index contributed by atoms with van der Waals surface area (Å²) in [6, 6.07) is 13.0. The van der Waals surface area contributed by atoms with Gasteiger partial charge in [-0.1, -0.05) is 12.1 Å². The van der Waals surface area contributed by atoms with E-state index in [-0.39, 0.29) is 12.4 Å². The van der Waals surface area contributed by atoms with Crippen molar-refractivity contribution in [3.05, 3.63) is 72.2 Å². The molecule has 2 aromatic heterocycles. The van der Waals surface area contributed by atoms with E-state index in [1.807, 2.05) is 12.1 Å². The molecular weight excluding hydrogens is 327 g/mol. The van der Waals surface area contributed by atoms with Crippen LogP contribution in [0.4, 0.5) is 10.1 Å². The van der Waals surface area contributed by atoms with E-state index in [2.05, 4.69) is 10.3 Å². The minimum Gasteiger partial charge on any atom is -0.493 e. The molecule has 0 fully saturated rings. The Labute approximate surface area is 143 Å². The van der Waals surface area contributed by atoms with E-state index < -0.39 is 11.9 Å². The first kappa shape index (κ1) is 16.5. The molecule has 0 aliphatic carbocycles. The number of halogens is 1. The second-order valence-electron chi connectivity index (χ2n) is 5.03. The third-order valence-electron chi connectivity index (χ3n) is 3.31. The third kappa shape index (κ3) is 4.14. The molecular formula is C18H15FN2O4. The van der Waals surface area contributed by atoms with E-state index in [0.717, 1.165) is 6.07 Å². The summed E-state index contributed by atoms with van der Waals surface area (Å²) < 4.78 is 29.1. The Balaban J connectivity index is 1.61. The number of benzene rings is 1. The summed E-state index contributed by atoms with van der Waals surface area (Å²) in [5.74, 6) is 0.695. The lowest BCUT2D eigenvalue weighted by Crippen LogP contribution is -2.11. The molecule has 0 aliphatic heterocycles. The normalized spacial score (nSPS) is 10.3. The van der Waals surface area contributed by atoms with Crippen LogP contribution in [0.15, 0.2) is 59.1 Å². The standard InChI is InChI=1S/C18H15FN2O4/c1-23-14-4-2-3-5-15(14)24-11-13-7-8-16(25-13)18(22)21-12-6-9-17(19)20-10-12/h2-10H,11H2,1H3,(H,21,22). The quantitative estimate of drug-likeness (QED) is 0.692. The molecule has 7 heteroatoms. The van der Waals surface area contributed by atoms with E-state index in [1.54, 1.807) is 25.3 Å². The Morgan fingerprint density at radius 1 is 1.16 bits per heavy atom. The highest BCUT2D eigenvalue weighted by atomic mass is 19.1. The number of pyridine rings is 1. The summed E-state index contributed by atoms with van der Waals surface area (Å²) >= 11 is 0. The summed E-state index contributed by atoms with van der Waals surface area (Å²) in [6.45, 7) is 0.145. The van der Waals surface area contributed by atoms with E-state index in [4.69, 9.17) is 13.9 Å². The van der Waals surface area contributed by atoms with E-state index in [9.17, 15) is 9.18 Å². The number of para-hydroxylation sites is 2. The lowest BCUT2D eigenvalue weighted by Gasteiger charge is -2.08. The molecule has 0 saturated heterocycles. The van der Waals surface area contributed by atoms with Crippen LogP contribution in [0.25, 0.3) is 0 Å². The fourth-order valence-electron chi connectivity index (χ4n) is 2.11. The maximum Gasteiger partial charge on any atom is 0.291 e. The summed E-state index contributed by atoms with van der Waals surface area (Å²) in [7, 11) is 1.56. The van der Waals surface area contributed by atoms with Crippen LogP contribution in [0.2, 0.25) is 0 Å². The van der Waals surface area contributed by atoms with Crippen molar-refractivity contribution < 1.29 is 23.1 Å². The fraction of sp³-hybridized carbons (Fsp3) is 0.111. The number of hydrogen-bond acceptors (Lipinski definition) is 5. The SMILES string of the molecule is COc1ccccc1OCc1ccc(C(=O)Nc2ccc(F)nc2)o1. The van der Waals surface area contributed by atoms with Crippen LogP contribution in [-0.2, 0) is 6.61 Å². The number of carbonyl (C=O) groups excluding carboxylic acids is 1. The number of rotatable bonds is 6. The van der Waals surface area contributed by atoms with Gasteiger partial charge in [0.05, 0.1) is 19.0 Å². The van der Waals surface area contributed by atoms with Crippen LogP contribution >= 0.6 is 0 Å². The smallest absolute Gasteiger partial charge is 0.291 e. The summed E-state index contributed by atoms with van der Waals surface area (Å²) in [5.41, 5.74) is 0.370. The Hall–Kier alpha value is -3.35. The largest absolute Gasteiger partial charge is 0.493 e. The molecule has 1 N–H and O–H groups in total. The molecule has 1 amide bonds. The van der Waals surface area contributed by atoms with E-state index >= 15 is 0 Å². The van der Waals surface area contributed by atoms with E-state index in [0.29, 0.717) is 22.9 Å². The Morgan fingerprint density at radius 2 is 1.96 bits per heavy atom. The van der Waals surface area contributed by atoms with Crippen LogP contribution in [0.5, 0.6) is 11.5 Å². The summed E-state index contributed by atoms with van der Waals surface area (Å²) in [4.78, 5) is 15.6. The molecule has 6 nitrogen and oxygen atoms in total. The third-order valence-corrected chi connectivity index (χ3v) is 3.31. The van der Waals surface area contributed by atoms with Gasteiger partial charge in [-0.3, -0.25) is 4.79 Å². The predicted octanol–water partition coefficient (Wildman–Crippen LogP) is 3.65. The number of amides is 1. The van der Waals surface area contributed by atoms with Crippen molar-refractivity contribution in [2.75, 3.05) is 12.4 Å². The first-order valence-corrected chi connectivity index (χ1v) is 7.43. The number of carbonyl (C=O) groups is 1. The molecule has 25 heavy (non-hydrogen) atoms. The average molecular weight is 342 g/mol. The molecule has 1 aromatic carbocycles. The molecule has 0 atom stereocenters. The number of aromatic nitrogens is 1. The fourth-order valence-corrected chi connectivity index (χ4v) is 2.11. The predicted molar refractivity (Wildman–Crippen MR) is 88.2 cm³/mol. The minimum atomic E-state index is -0.619. The van der Waals surface area contributed by atoms with Gasteiger partial charge in [-0.25, -0.2) is 4.98 Å².